The quantitative estimate of drug-likeness (QED) is 0.151. The number of H-pyrrole nitrogens is 1. The van der Waals surface area contributed by atoms with E-state index in [1.807, 2.05) is 36.4 Å². The summed E-state index contributed by atoms with van der Waals surface area (Å²) >= 11 is 12.0. The summed E-state index contributed by atoms with van der Waals surface area (Å²) in [5.41, 5.74) is 5.42. The Hall–Kier alpha value is -4.54. The van der Waals surface area contributed by atoms with E-state index < -0.39 is 18.0 Å². The predicted molar refractivity (Wildman–Crippen MR) is 155 cm³/mol. The third-order valence-corrected chi connectivity index (χ3v) is 6.49. The maximum absolute atomic E-state index is 12.9. The molecule has 0 unspecified atom stereocenters. The molecule has 0 aliphatic heterocycles. The van der Waals surface area contributed by atoms with E-state index in [1.54, 1.807) is 36.5 Å². The van der Waals surface area contributed by atoms with E-state index in [2.05, 4.69) is 25.8 Å². The molecule has 4 aromatic rings. The molecule has 1 heterocycles. The van der Waals surface area contributed by atoms with Crippen molar-refractivity contribution in [1.29, 1.82) is 0 Å². The molecule has 2 amide bonds. The summed E-state index contributed by atoms with van der Waals surface area (Å²) in [6.07, 6.45) is 3.92. The predicted octanol–water partition coefficient (Wildman–Crippen LogP) is 5.29. The van der Waals surface area contributed by atoms with Gasteiger partial charge >= 0.3 is 6.09 Å². The molecule has 0 saturated carbocycles. The summed E-state index contributed by atoms with van der Waals surface area (Å²) in [6, 6.07) is 18.7. The van der Waals surface area contributed by atoms with Crippen LogP contribution in [0, 0.1) is 0 Å². The summed E-state index contributed by atoms with van der Waals surface area (Å²) < 4.78 is 16.6. The Morgan fingerprint density at radius 3 is 2.56 bits per heavy atom. The number of methoxy groups -OCH3 is 1. The van der Waals surface area contributed by atoms with E-state index in [0.29, 0.717) is 32.8 Å². The minimum absolute atomic E-state index is 0.0677. The fraction of sp³-hybridized carbons (Fsp3) is 0.172. The monoisotopic (exact) mass is 595 g/mol. The Labute approximate surface area is 246 Å². The largest absolute Gasteiger partial charge is 0.493 e. The van der Waals surface area contributed by atoms with E-state index in [1.165, 1.54) is 19.7 Å². The Kier molecular flexibility index (Phi) is 10.6. The van der Waals surface area contributed by atoms with E-state index in [9.17, 15) is 9.59 Å². The van der Waals surface area contributed by atoms with Crippen LogP contribution in [0.1, 0.15) is 22.4 Å². The molecule has 0 aliphatic rings. The number of alkyl carbamates (subject to hydrolysis) is 1. The van der Waals surface area contributed by atoms with Crippen molar-refractivity contribution < 1.29 is 23.8 Å². The number of aromatic amines is 1. The number of nitrogens with zero attached hydrogens (tertiary/aromatic N) is 2. The van der Waals surface area contributed by atoms with Gasteiger partial charge < -0.3 is 24.5 Å². The van der Waals surface area contributed by atoms with Crippen LogP contribution in [0.15, 0.2) is 84.4 Å². The molecule has 0 radical (unpaired) electrons. The number of hydrogen-bond acceptors (Lipinski definition) is 7. The SMILES string of the molecule is COc1cc(/C=N\NC(=O)[C@H](Cc2cnc[nH]2)NC(=O)OCc2ccccc2)ccc1OCc1ccc(Cl)c(Cl)c1. The number of imidazole rings is 1. The van der Waals surface area contributed by atoms with Crippen molar-refractivity contribution >= 4 is 41.4 Å². The molecule has 212 valence electrons. The summed E-state index contributed by atoms with van der Waals surface area (Å²) in [4.78, 5) is 32.2. The Balaban J connectivity index is 1.35. The normalized spacial score (nSPS) is 11.6. The first-order valence-corrected chi connectivity index (χ1v) is 13.2. The average Bonchev–Trinajstić information content (AvgIpc) is 3.50. The zero-order valence-corrected chi connectivity index (χ0v) is 23.5. The summed E-state index contributed by atoms with van der Waals surface area (Å²) in [5, 5.41) is 7.54. The van der Waals surface area contributed by atoms with Crippen LogP contribution in [0.4, 0.5) is 4.79 Å². The number of ether oxygens (including phenoxy) is 3. The Bertz CT molecular complexity index is 1480. The highest BCUT2D eigenvalue weighted by Crippen LogP contribution is 2.29. The maximum atomic E-state index is 12.9. The second-order valence-corrected chi connectivity index (χ2v) is 9.54. The van der Waals surface area contributed by atoms with Crippen molar-refractivity contribution in [3.05, 3.63) is 112 Å². The number of hydrogen-bond donors (Lipinski definition) is 3. The average molecular weight is 596 g/mol. The number of benzene rings is 3. The molecule has 1 aromatic heterocycles. The van der Waals surface area contributed by atoms with E-state index in [0.717, 1.165) is 11.1 Å². The Morgan fingerprint density at radius 1 is 1.00 bits per heavy atom. The number of amides is 2. The second kappa shape index (κ2) is 14.7. The Morgan fingerprint density at radius 2 is 1.83 bits per heavy atom. The first kappa shape index (κ1) is 29.4. The number of carbonyl (C=O) groups is 2. The van der Waals surface area contributed by atoms with Gasteiger partial charge in [0.2, 0.25) is 0 Å². The molecule has 0 aliphatic carbocycles. The van der Waals surface area contributed by atoms with Crippen LogP contribution in [-0.2, 0) is 29.2 Å². The zero-order chi connectivity index (χ0) is 29.0. The van der Waals surface area contributed by atoms with Gasteiger partial charge in [-0.05, 0) is 47.0 Å². The van der Waals surface area contributed by atoms with Crippen LogP contribution >= 0.6 is 23.2 Å². The van der Waals surface area contributed by atoms with Gasteiger partial charge in [0.25, 0.3) is 5.91 Å². The number of carbonyl (C=O) groups excluding carboxylic acids is 2. The van der Waals surface area contributed by atoms with Crippen LogP contribution in [0.3, 0.4) is 0 Å². The number of nitrogens with one attached hydrogen (secondary N) is 3. The van der Waals surface area contributed by atoms with Crippen LogP contribution in [0.5, 0.6) is 11.5 Å². The van der Waals surface area contributed by atoms with E-state index in [4.69, 9.17) is 37.4 Å². The molecular formula is C29H27Cl2N5O5. The molecule has 3 aromatic carbocycles. The third-order valence-electron chi connectivity index (χ3n) is 5.75. The van der Waals surface area contributed by atoms with Crippen LogP contribution in [0.25, 0.3) is 0 Å². The molecule has 4 rings (SSSR count). The van der Waals surface area contributed by atoms with E-state index in [-0.39, 0.29) is 19.6 Å². The van der Waals surface area contributed by atoms with Gasteiger partial charge in [-0.2, -0.15) is 5.10 Å². The minimum atomic E-state index is -0.970. The van der Waals surface area contributed by atoms with Gasteiger partial charge in [0, 0.05) is 18.3 Å². The third kappa shape index (κ3) is 8.99. The first-order chi connectivity index (χ1) is 19.9. The topological polar surface area (TPSA) is 127 Å². The smallest absolute Gasteiger partial charge is 0.408 e. The lowest BCUT2D eigenvalue weighted by Gasteiger charge is -2.16. The molecule has 0 saturated heterocycles. The second-order valence-electron chi connectivity index (χ2n) is 8.72. The fourth-order valence-electron chi connectivity index (χ4n) is 3.66. The van der Waals surface area contributed by atoms with Crippen molar-refractivity contribution in [2.24, 2.45) is 5.10 Å². The molecule has 10 nitrogen and oxygen atoms in total. The number of aromatic nitrogens is 2. The molecular weight excluding hydrogens is 569 g/mol. The highest BCUT2D eigenvalue weighted by atomic mass is 35.5. The molecule has 0 bridgehead atoms. The number of halogens is 2. The summed E-state index contributed by atoms with van der Waals surface area (Å²) in [7, 11) is 1.52. The lowest BCUT2D eigenvalue weighted by molar-refractivity contribution is -0.123. The summed E-state index contributed by atoms with van der Waals surface area (Å²) in [6.45, 7) is 0.327. The number of rotatable bonds is 12. The first-order valence-electron chi connectivity index (χ1n) is 12.4. The molecule has 12 heteroatoms. The van der Waals surface area contributed by atoms with Crippen molar-refractivity contribution in [1.82, 2.24) is 20.7 Å². The standard InChI is InChI=1S/C29H27Cl2N5O5/c1-39-27-12-20(8-10-26(27)40-17-21-7-9-23(30)24(31)11-21)14-34-36-28(37)25(13-22-15-32-18-33-22)35-29(38)41-16-19-5-3-2-4-6-19/h2-12,14-15,18,25H,13,16-17H2,1H3,(H,32,33)(H,35,38)(H,36,37)/b34-14-/t25-/m0/s1. The van der Waals surface area contributed by atoms with Gasteiger partial charge in [-0.15, -0.1) is 0 Å². The van der Waals surface area contributed by atoms with Gasteiger partial charge in [-0.25, -0.2) is 15.2 Å². The molecule has 0 spiro atoms. The lowest BCUT2D eigenvalue weighted by atomic mass is 10.1. The molecule has 41 heavy (non-hydrogen) atoms. The van der Waals surface area contributed by atoms with Gasteiger partial charge in [-0.3, -0.25) is 4.79 Å². The molecule has 1 atom stereocenters. The highest BCUT2D eigenvalue weighted by molar-refractivity contribution is 6.42. The molecule has 0 fully saturated rings. The lowest BCUT2D eigenvalue weighted by Crippen LogP contribution is -2.47. The van der Waals surface area contributed by atoms with E-state index >= 15 is 0 Å². The number of hydrazone groups is 1. The van der Waals surface area contributed by atoms with Crippen molar-refractivity contribution in [2.45, 2.75) is 25.7 Å². The zero-order valence-electron chi connectivity index (χ0n) is 22.0. The fourth-order valence-corrected chi connectivity index (χ4v) is 3.98. The summed E-state index contributed by atoms with van der Waals surface area (Å²) in [5.74, 6) is 0.443. The van der Waals surface area contributed by atoms with Crippen LogP contribution in [0.2, 0.25) is 10.0 Å². The van der Waals surface area contributed by atoms with Crippen molar-refractivity contribution in [3.8, 4) is 11.5 Å². The van der Waals surface area contributed by atoms with Gasteiger partial charge in [0.05, 0.1) is 29.7 Å². The van der Waals surface area contributed by atoms with Crippen molar-refractivity contribution in [3.63, 3.8) is 0 Å². The van der Waals surface area contributed by atoms with Gasteiger partial charge in [0.1, 0.15) is 19.3 Å². The minimum Gasteiger partial charge on any atom is -0.493 e. The van der Waals surface area contributed by atoms with Gasteiger partial charge in [-0.1, -0.05) is 59.6 Å². The van der Waals surface area contributed by atoms with Crippen LogP contribution < -0.4 is 20.2 Å². The van der Waals surface area contributed by atoms with Gasteiger partial charge in [0.15, 0.2) is 11.5 Å². The van der Waals surface area contributed by atoms with Crippen LogP contribution in [-0.4, -0.2) is 41.3 Å². The van der Waals surface area contributed by atoms with Crippen molar-refractivity contribution in [2.75, 3.05) is 7.11 Å². The maximum Gasteiger partial charge on any atom is 0.408 e. The highest BCUT2D eigenvalue weighted by Gasteiger charge is 2.22. The molecule has 3 N–H and O–H groups in total.